The minimum atomic E-state index is -0.247. The highest BCUT2D eigenvalue weighted by Crippen LogP contribution is 2.22. The molecule has 1 aliphatic carbocycles. The van der Waals surface area contributed by atoms with Gasteiger partial charge in [-0.3, -0.25) is 9.59 Å². The van der Waals surface area contributed by atoms with Crippen LogP contribution in [0.2, 0.25) is 0 Å². The maximum absolute atomic E-state index is 12.0. The summed E-state index contributed by atoms with van der Waals surface area (Å²) in [6, 6.07) is 0.241. The topological polar surface area (TPSA) is 49.4 Å². The third-order valence-corrected chi connectivity index (χ3v) is 3.50. The van der Waals surface area contributed by atoms with Crippen molar-refractivity contribution in [1.29, 1.82) is 0 Å². The maximum atomic E-state index is 12.0. The quantitative estimate of drug-likeness (QED) is 0.799. The van der Waals surface area contributed by atoms with Gasteiger partial charge in [-0.15, -0.1) is 0 Å². The maximum Gasteiger partial charge on any atom is 0.240 e. The molecule has 0 radical (unpaired) electrons. The van der Waals surface area contributed by atoms with E-state index in [1.54, 1.807) is 11.8 Å². The van der Waals surface area contributed by atoms with Crippen LogP contribution in [-0.2, 0) is 9.59 Å². The number of nitrogens with zero attached hydrogens (tertiary/aromatic N) is 1. The highest BCUT2D eigenvalue weighted by molar-refractivity contribution is 5.84. The van der Waals surface area contributed by atoms with Crippen molar-refractivity contribution in [1.82, 2.24) is 10.2 Å². The number of hydrogen-bond donors (Lipinski definition) is 1. The lowest BCUT2D eigenvalue weighted by Gasteiger charge is -2.31. The molecule has 0 unspecified atom stereocenters. The molecule has 0 aromatic heterocycles. The summed E-state index contributed by atoms with van der Waals surface area (Å²) in [4.78, 5) is 25.6. The molecule has 4 nitrogen and oxygen atoms in total. The first-order valence-electron chi connectivity index (χ1n) is 7.38. The van der Waals surface area contributed by atoms with E-state index in [9.17, 15) is 9.59 Å². The van der Waals surface area contributed by atoms with E-state index in [1.807, 2.05) is 20.8 Å². The molecule has 0 heterocycles. The molecule has 0 aromatic rings. The summed E-state index contributed by atoms with van der Waals surface area (Å²) in [5.41, 5.74) is -0.247. The molecule has 1 rings (SSSR count). The highest BCUT2D eigenvalue weighted by atomic mass is 16.2. The SMILES string of the molecule is CC(=O)N(CC(=O)NC(C)(C)C)C1CCCCCC1. The fourth-order valence-electron chi connectivity index (χ4n) is 2.68. The third-order valence-electron chi connectivity index (χ3n) is 3.50. The first-order valence-corrected chi connectivity index (χ1v) is 7.38. The van der Waals surface area contributed by atoms with Crippen LogP contribution in [0.25, 0.3) is 0 Å². The highest BCUT2D eigenvalue weighted by Gasteiger charge is 2.25. The van der Waals surface area contributed by atoms with Gasteiger partial charge in [-0.25, -0.2) is 0 Å². The predicted molar refractivity (Wildman–Crippen MR) is 76.8 cm³/mol. The molecule has 1 aliphatic rings. The Morgan fingerprint density at radius 2 is 1.63 bits per heavy atom. The van der Waals surface area contributed by atoms with Crippen molar-refractivity contribution < 1.29 is 9.59 Å². The van der Waals surface area contributed by atoms with E-state index in [1.165, 1.54) is 12.8 Å². The molecule has 19 heavy (non-hydrogen) atoms. The monoisotopic (exact) mass is 268 g/mol. The van der Waals surface area contributed by atoms with Crippen LogP contribution in [0, 0.1) is 0 Å². The first kappa shape index (κ1) is 16.0. The Bertz CT molecular complexity index is 313. The number of carbonyl (C=O) groups excluding carboxylic acids is 2. The largest absolute Gasteiger partial charge is 0.350 e. The van der Waals surface area contributed by atoms with Crippen LogP contribution in [0.15, 0.2) is 0 Å². The van der Waals surface area contributed by atoms with E-state index < -0.39 is 0 Å². The van der Waals surface area contributed by atoms with Crippen molar-refractivity contribution >= 4 is 11.8 Å². The van der Waals surface area contributed by atoms with E-state index in [4.69, 9.17) is 0 Å². The zero-order chi connectivity index (χ0) is 14.5. The smallest absolute Gasteiger partial charge is 0.240 e. The lowest BCUT2D eigenvalue weighted by Crippen LogP contribution is -2.49. The van der Waals surface area contributed by atoms with Crippen molar-refractivity contribution in [3.05, 3.63) is 0 Å². The number of hydrogen-bond acceptors (Lipinski definition) is 2. The number of amides is 2. The van der Waals surface area contributed by atoms with Crippen LogP contribution < -0.4 is 5.32 Å². The number of nitrogens with one attached hydrogen (secondary N) is 1. The lowest BCUT2D eigenvalue weighted by atomic mass is 10.1. The Labute approximate surface area is 116 Å². The van der Waals surface area contributed by atoms with Crippen molar-refractivity contribution in [3.8, 4) is 0 Å². The molecule has 0 aliphatic heterocycles. The third kappa shape index (κ3) is 6.08. The molecule has 2 amide bonds. The summed E-state index contributed by atoms with van der Waals surface area (Å²) in [6.45, 7) is 7.62. The summed E-state index contributed by atoms with van der Waals surface area (Å²) in [6.07, 6.45) is 6.88. The fraction of sp³-hybridized carbons (Fsp3) is 0.867. The molecular weight excluding hydrogens is 240 g/mol. The average molecular weight is 268 g/mol. The summed E-state index contributed by atoms with van der Waals surface area (Å²) in [5, 5.41) is 2.93. The zero-order valence-electron chi connectivity index (χ0n) is 12.8. The zero-order valence-corrected chi connectivity index (χ0v) is 12.8. The Balaban J connectivity index is 2.61. The van der Waals surface area contributed by atoms with Crippen LogP contribution in [0.5, 0.6) is 0 Å². The Morgan fingerprint density at radius 3 is 2.05 bits per heavy atom. The second-order valence-electron chi connectivity index (χ2n) is 6.59. The normalized spacial score (nSPS) is 17.7. The van der Waals surface area contributed by atoms with E-state index in [0.717, 1.165) is 25.7 Å². The molecule has 0 bridgehead atoms. The van der Waals surface area contributed by atoms with Crippen LogP contribution in [0.1, 0.15) is 66.2 Å². The van der Waals surface area contributed by atoms with Gasteiger partial charge in [0, 0.05) is 18.5 Å². The molecule has 0 aromatic carbocycles. The van der Waals surface area contributed by atoms with Gasteiger partial charge >= 0.3 is 0 Å². The van der Waals surface area contributed by atoms with Crippen molar-refractivity contribution in [2.24, 2.45) is 0 Å². The van der Waals surface area contributed by atoms with E-state index in [0.29, 0.717) is 0 Å². The van der Waals surface area contributed by atoms with Crippen molar-refractivity contribution in [3.63, 3.8) is 0 Å². The van der Waals surface area contributed by atoms with Gasteiger partial charge in [0.2, 0.25) is 11.8 Å². The fourth-order valence-corrected chi connectivity index (χ4v) is 2.68. The Kier molecular flexibility index (Phi) is 5.83. The van der Waals surface area contributed by atoms with Gasteiger partial charge in [0.15, 0.2) is 0 Å². The molecular formula is C15H28N2O2. The molecule has 4 heteroatoms. The second kappa shape index (κ2) is 6.92. The van der Waals surface area contributed by atoms with E-state index in [-0.39, 0.29) is 29.9 Å². The Hall–Kier alpha value is -1.06. The number of carbonyl (C=O) groups is 2. The molecule has 1 saturated carbocycles. The van der Waals surface area contributed by atoms with Crippen LogP contribution in [-0.4, -0.2) is 34.8 Å². The molecule has 1 N–H and O–H groups in total. The molecule has 0 saturated heterocycles. The standard InChI is InChI=1S/C15H28N2O2/c1-12(18)17(11-14(19)16-15(2,3)4)13-9-7-5-6-8-10-13/h13H,5-11H2,1-4H3,(H,16,19). The minimum absolute atomic E-state index is 0.0101. The lowest BCUT2D eigenvalue weighted by molar-refractivity contribution is -0.137. The molecule has 110 valence electrons. The van der Waals surface area contributed by atoms with Gasteiger partial charge in [0.05, 0.1) is 6.54 Å². The summed E-state index contributed by atoms with van der Waals surface area (Å²) in [5.74, 6) is -0.0529. The van der Waals surface area contributed by atoms with Crippen LogP contribution >= 0.6 is 0 Å². The summed E-state index contributed by atoms with van der Waals surface area (Å²) < 4.78 is 0. The summed E-state index contributed by atoms with van der Waals surface area (Å²) in [7, 11) is 0. The second-order valence-corrected chi connectivity index (χ2v) is 6.59. The van der Waals surface area contributed by atoms with Gasteiger partial charge in [0.1, 0.15) is 0 Å². The van der Waals surface area contributed by atoms with Crippen molar-refractivity contribution in [2.45, 2.75) is 77.8 Å². The van der Waals surface area contributed by atoms with Crippen LogP contribution in [0.3, 0.4) is 0 Å². The van der Waals surface area contributed by atoms with Gasteiger partial charge in [-0.2, -0.15) is 0 Å². The minimum Gasteiger partial charge on any atom is -0.350 e. The molecule has 0 atom stereocenters. The van der Waals surface area contributed by atoms with E-state index >= 15 is 0 Å². The van der Waals surface area contributed by atoms with Gasteiger partial charge in [-0.05, 0) is 33.6 Å². The number of rotatable bonds is 3. The van der Waals surface area contributed by atoms with Gasteiger partial charge in [-0.1, -0.05) is 25.7 Å². The molecule has 1 fully saturated rings. The van der Waals surface area contributed by atoms with E-state index in [2.05, 4.69) is 5.32 Å². The van der Waals surface area contributed by atoms with Gasteiger partial charge < -0.3 is 10.2 Å². The predicted octanol–water partition coefficient (Wildman–Crippen LogP) is 2.47. The summed E-state index contributed by atoms with van der Waals surface area (Å²) >= 11 is 0. The first-order chi connectivity index (χ1) is 8.79. The van der Waals surface area contributed by atoms with Gasteiger partial charge in [0.25, 0.3) is 0 Å². The molecule has 0 spiro atoms. The van der Waals surface area contributed by atoms with Crippen LogP contribution in [0.4, 0.5) is 0 Å². The Morgan fingerprint density at radius 1 is 1.11 bits per heavy atom. The van der Waals surface area contributed by atoms with Crippen molar-refractivity contribution in [2.75, 3.05) is 6.54 Å². The average Bonchev–Trinajstić information content (AvgIpc) is 2.51.